The molecule has 4 rings (SSSR count). The summed E-state index contributed by atoms with van der Waals surface area (Å²) in [6, 6.07) is 17.9. The van der Waals surface area contributed by atoms with E-state index < -0.39 is 5.91 Å². The van der Waals surface area contributed by atoms with Crippen LogP contribution in [0, 0.1) is 6.92 Å². The number of thiocarbonyl (C=S) groups is 1. The van der Waals surface area contributed by atoms with Crippen molar-refractivity contribution in [3.8, 4) is 11.5 Å². The van der Waals surface area contributed by atoms with Crippen LogP contribution in [0.2, 0.25) is 10.0 Å². The molecule has 0 aliphatic rings. The summed E-state index contributed by atoms with van der Waals surface area (Å²) in [5.74, 6) is 0.113. The van der Waals surface area contributed by atoms with Crippen LogP contribution in [-0.4, -0.2) is 16.0 Å². The third-order valence-corrected chi connectivity index (χ3v) is 5.26. The highest BCUT2D eigenvalue weighted by Gasteiger charge is 2.12. The minimum absolute atomic E-state index is 0.149. The number of rotatable bonds is 3. The second-order valence-electron chi connectivity index (χ2n) is 6.61. The van der Waals surface area contributed by atoms with Crippen molar-refractivity contribution in [3.05, 3.63) is 81.8 Å². The first kappa shape index (κ1) is 20.3. The van der Waals surface area contributed by atoms with Gasteiger partial charge in [0.05, 0.1) is 10.0 Å². The van der Waals surface area contributed by atoms with Gasteiger partial charge < -0.3 is 9.73 Å². The molecule has 0 unspecified atom stereocenters. The Morgan fingerprint density at radius 3 is 2.67 bits per heavy atom. The van der Waals surface area contributed by atoms with Crippen LogP contribution in [0.15, 0.2) is 65.1 Å². The summed E-state index contributed by atoms with van der Waals surface area (Å²) in [5.41, 5.74) is 4.44. The maximum atomic E-state index is 12.4. The number of amides is 1. The van der Waals surface area contributed by atoms with Gasteiger partial charge in [-0.25, -0.2) is 4.98 Å². The first-order chi connectivity index (χ1) is 14.4. The van der Waals surface area contributed by atoms with Crippen molar-refractivity contribution in [3.63, 3.8) is 0 Å². The lowest BCUT2D eigenvalue weighted by molar-refractivity contribution is 0.0977. The molecule has 0 aliphatic heterocycles. The molecule has 0 fully saturated rings. The predicted octanol–water partition coefficient (Wildman–Crippen LogP) is 6.24. The average molecular weight is 456 g/mol. The van der Waals surface area contributed by atoms with E-state index in [0.29, 0.717) is 27.2 Å². The second kappa shape index (κ2) is 8.44. The molecule has 1 amide bonds. The molecule has 4 aromatic rings. The number of hydrogen-bond donors (Lipinski definition) is 2. The second-order valence-corrected chi connectivity index (χ2v) is 7.83. The number of hydrogen-bond acceptors (Lipinski definition) is 4. The number of oxazole rings is 1. The highest BCUT2D eigenvalue weighted by Crippen LogP contribution is 2.27. The van der Waals surface area contributed by atoms with Gasteiger partial charge in [0.1, 0.15) is 5.52 Å². The van der Waals surface area contributed by atoms with Gasteiger partial charge in [-0.05, 0) is 73.2 Å². The molecule has 0 atom stereocenters. The smallest absolute Gasteiger partial charge is 0.257 e. The summed E-state index contributed by atoms with van der Waals surface area (Å²) < 4.78 is 5.87. The first-order valence-electron chi connectivity index (χ1n) is 8.94. The molecule has 2 N–H and O–H groups in total. The molecule has 30 heavy (non-hydrogen) atoms. The molecule has 0 saturated carbocycles. The Bertz CT molecular complexity index is 1290. The van der Waals surface area contributed by atoms with Gasteiger partial charge in [0.2, 0.25) is 5.89 Å². The molecular formula is C22H15Cl2N3O2S. The van der Waals surface area contributed by atoms with Crippen LogP contribution in [0.25, 0.3) is 22.6 Å². The maximum Gasteiger partial charge on any atom is 0.257 e. The molecule has 0 spiro atoms. The number of halogens is 2. The molecule has 5 nitrogen and oxygen atoms in total. The van der Waals surface area contributed by atoms with Gasteiger partial charge in [-0.15, -0.1) is 0 Å². The van der Waals surface area contributed by atoms with Gasteiger partial charge in [-0.1, -0.05) is 35.3 Å². The van der Waals surface area contributed by atoms with E-state index in [1.54, 1.807) is 12.1 Å². The lowest BCUT2D eigenvalue weighted by Crippen LogP contribution is -2.34. The number of carbonyl (C=O) groups excluding carboxylic acids is 1. The van der Waals surface area contributed by atoms with Crippen LogP contribution in [0.4, 0.5) is 5.69 Å². The van der Waals surface area contributed by atoms with Crippen LogP contribution < -0.4 is 10.6 Å². The standard InChI is InChI=1S/C22H15Cl2N3O2S/c1-12-5-8-18-19(9-12)29-21(26-18)14-3-2-4-15(10-14)25-22(30)27-20(28)13-6-7-16(23)17(24)11-13/h2-11H,1H3,(H2,25,27,28,30). The molecule has 0 aliphatic carbocycles. The fourth-order valence-corrected chi connectivity index (χ4v) is 3.37. The van der Waals surface area contributed by atoms with Gasteiger partial charge in [-0.2, -0.15) is 0 Å². The molecule has 8 heteroatoms. The molecule has 1 heterocycles. The molecule has 0 bridgehead atoms. The van der Waals surface area contributed by atoms with E-state index in [1.165, 1.54) is 6.07 Å². The number of aromatic nitrogens is 1. The largest absolute Gasteiger partial charge is 0.436 e. The molecule has 150 valence electrons. The highest BCUT2D eigenvalue weighted by atomic mass is 35.5. The quantitative estimate of drug-likeness (QED) is 0.358. The number of benzene rings is 3. The van der Waals surface area contributed by atoms with Gasteiger partial charge in [0.15, 0.2) is 10.7 Å². The maximum absolute atomic E-state index is 12.4. The Morgan fingerprint density at radius 2 is 1.87 bits per heavy atom. The first-order valence-corrected chi connectivity index (χ1v) is 10.1. The zero-order chi connectivity index (χ0) is 21.3. The van der Waals surface area contributed by atoms with Crippen molar-refractivity contribution in [2.75, 3.05) is 5.32 Å². The van der Waals surface area contributed by atoms with E-state index in [9.17, 15) is 4.79 Å². The van der Waals surface area contributed by atoms with E-state index in [0.717, 1.165) is 22.2 Å². The number of nitrogens with one attached hydrogen (secondary N) is 2. The summed E-state index contributed by atoms with van der Waals surface area (Å²) in [7, 11) is 0. The van der Waals surface area contributed by atoms with Crippen molar-refractivity contribution in [1.82, 2.24) is 10.3 Å². The van der Waals surface area contributed by atoms with E-state index in [2.05, 4.69) is 15.6 Å². The number of nitrogens with zero attached hydrogens (tertiary/aromatic N) is 1. The topological polar surface area (TPSA) is 67.2 Å². The Hall–Kier alpha value is -2.93. The zero-order valence-electron chi connectivity index (χ0n) is 15.7. The molecular weight excluding hydrogens is 441 g/mol. The lowest BCUT2D eigenvalue weighted by atomic mass is 10.2. The normalized spacial score (nSPS) is 10.8. The van der Waals surface area contributed by atoms with Crippen LogP contribution in [0.1, 0.15) is 15.9 Å². The lowest BCUT2D eigenvalue weighted by Gasteiger charge is -2.10. The van der Waals surface area contributed by atoms with Gasteiger partial charge in [0.25, 0.3) is 5.91 Å². The van der Waals surface area contributed by atoms with Crippen molar-refractivity contribution in [2.45, 2.75) is 6.92 Å². The third-order valence-electron chi connectivity index (χ3n) is 4.32. The number of anilines is 1. The van der Waals surface area contributed by atoms with Crippen LogP contribution >= 0.6 is 35.4 Å². The summed E-state index contributed by atoms with van der Waals surface area (Å²) >= 11 is 17.1. The molecule has 0 saturated heterocycles. The summed E-state index contributed by atoms with van der Waals surface area (Å²) in [4.78, 5) is 16.9. The SMILES string of the molecule is Cc1ccc2nc(-c3cccc(NC(=S)NC(=O)c4ccc(Cl)c(Cl)c4)c3)oc2c1. The fraction of sp³-hybridized carbons (Fsp3) is 0.0455. The van der Waals surface area contributed by atoms with Gasteiger partial charge in [-0.3, -0.25) is 10.1 Å². The number of aryl methyl sites for hydroxylation is 1. The zero-order valence-corrected chi connectivity index (χ0v) is 18.0. The Kier molecular flexibility index (Phi) is 5.72. The Balaban J connectivity index is 1.48. The monoisotopic (exact) mass is 455 g/mol. The Morgan fingerprint density at radius 1 is 1.03 bits per heavy atom. The van der Waals surface area contributed by atoms with Crippen LogP contribution in [-0.2, 0) is 0 Å². The predicted molar refractivity (Wildman–Crippen MR) is 124 cm³/mol. The minimum Gasteiger partial charge on any atom is -0.436 e. The van der Waals surface area contributed by atoms with E-state index in [-0.39, 0.29) is 5.11 Å². The average Bonchev–Trinajstić information content (AvgIpc) is 3.13. The molecule has 0 radical (unpaired) electrons. The highest BCUT2D eigenvalue weighted by molar-refractivity contribution is 7.80. The minimum atomic E-state index is -0.392. The van der Waals surface area contributed by atoms with Crippen molar-refractivity contribution < 1.29 is 9.21 Å². The van der Waals surface area contributed by atoms with Crippen LogP contribution in [0.5, 0.6) is 0 Å². The van der Waals surface area contributed by atoms with Crippen LogP contribution in [0.3, 0.4) is 0 Å². The van der Waals surface area contributed by atoms with Crippen molar-refractivity contribution in [1.29, 1.82) is 0 Å². The van der Waals surface area contributed by atoms with E-state index in [1.807, 2.05) is 49.4 Å². The van der Waals surface area contributed by atoms with E-state index >= 15 is 0 Å². The summed E-state index contributed by atoms with van der Waals surface area (Å²) in [6.07, 6.45) is 0. The molecule has 1 aromatic heterocycles. The summed E-state index contributed by atoms with van der Waals surface area (Å²) in [6.45, 7) is 2.00. The van der Waals surface area contributed by atoms with Gasteiger partial charge >= 0.3 is 0 Å². The van der Waals surface area contributed by atoms with Crippen molar-refractivity contribution in [2.24, 2.45) is 0 Å². The third kappa shape index (κ3) is 4.46. The van der Waals surface area contributed by atoms with Gasteiger partial charge in [0, 0.05) is 16.8 Å². The summed E-state index contributed by atoms with van der Waals surface area (Å²) in [5, 5.41) is 6.43. The fourth-order valence-electron chi connectivity index (χ4n) is 2.86. The van der Waals surface area contributed by atoms with Crippen molar-refractivity contribution >= 4 is 63.2 Å². The Labute approximate surface area is 188 Å². The molecule has 3 aromatic carbocycles. The number of carbonyl (C=O) groups is 1. The number of fused-ring (bicyclic) bond motifs is 1. The van der Waals surface area contributed by atoms with E-state index in [4.69, 9.17) is 39.8 Å².